The maximum atomic E-state index is 12.7. The molecule has 1 saturated heterocycles. The zero-order valence-corrected chi connectivity index (χ0v) is 15.5. The maximum Gasteiger partial charge on any atom is 0.239 e. The topological polar surface area (TPSA) is 66.6 Å². The third kappa shape index (κ3) is 4.18. The second kappa shape index (κ2) is 8.34. The van der Waals surface area contributed by atoms with E-state index >= 15 is 0 Å². The van der Waals surface area contributed by atoms with Crippen LogP contribution in [0.25, 0.3) is 0 Å². The average Bonchev–Trinajstić information content (AvgIpc) is 2.52. The van der Waals surface area contributed by atoms with Crippen LogP contribution in [0.2, 0.25) is 0 Å². The van der Waals surface area contributed by atoms with Gasteiger partial charge in [-0.2, -0.15) is 0 Å². The molecule has 0 bridgehead atoms. The van der Waals surface area contributed by atoms with Crippen LogP contribution in [0, 0.1) is 5.92 Å². The molecule has 2 aliphatic rings. The Bertz CT molecular complexity index is 424. The molecule has 0 radical (unpaired) electrons. The summed E-state index contributed by atoms with van der Waals surface area (Å²) in [5, 5.41) is 0. The zero-order valence-electron chi connectivity index (χ0n) is 14.7. The highest BCUT2D eigenvalue weighted by molar-refractivity contribution is 5.85. The highest BCUT2D eigenvalue weighted by Crippen LogP contribution is 2.37. The quantitative estimate of drug-likeness (QED) is 0.852. The number of halogens is 1. The third-order valence-electron chi connectivity index (χ3n) is 5.67. The van der Waals surface area contributed by atoms with Crippen LogP contribution in [0.15, 0.2) is 0 Å². The summed E-state index contributed by atoms with van der Waals surface area (Å²) in [5.41, 5.74) is 6.00. The molecule has 1 heterocycles. The second-order valence-electron chi connectivity index (χ2n) is 7.13. The van der Waals surface area contributed by atoms with E-state index < -0.39 is 6.04 Å². The van der Waals surface area contributed by atoms with Gasteiger partial charge < -0.3 is 15.5 Å². The molecule has 134 valence electrons. The molecule has 1 spiro atoms. The van der Waals surface area contributed by atoms with E-state index in [-0.39, 0.29) is 35.7 Å². The van der Waals surface area contributed by atoms with Crippen molar-refractivity contribution in [1.82, 2.24) is 9.80 Å². The molecule has 2 fully saturated rings. The Balaban J connectivity index is 0.00000264. The molecule has 6 heteroatoms. The Labute approximate surface area is 146 Å². The van der Waals surface area contributed by atoms with Gasteiger partial charge in [0.2, 0.25) is 11.8 Å². The largest absolute Gasteiger partial charge is 0.337 e. The summed E-state index contributed by atoms with van der Waals surface area (Å²) in [4.78, 5) is 28.7. The van der Waals surface area contributed by atoms with Crippen LogP contribution in [0.4, 0.5) is 0 Å². The molecule has 1 aliphatic heterocycles. The first-order valence-corrected chi connectivity index (χ1v) is 8.74. The lowest BCUT2D eigenvalue weighted by molar-refractivity contribution is -0.151. The number of nitrogens with two attached hydrogens (primary N) is 1. The van der Waals surface area contributed by atoms with Gasteiger partial charge in [0.25, 0.3) is 0 Å². The normalized spacial score (nSPS) is 23.1. The van der Waals surface area contributed by atoms with E-state index in [1.807, 2.05) is 16.7 Å². The number of carbonyl (C=O) groups excluding carboxylic acids is 2. The molecule has 5 nitrogen and oxygen atoms in total. The van der Waals surface area contributed by atoms with Crippen molar-refractivity contribution in [2.24, 2.45) is 11.7 Å². The van der Waals surface area contributed by atoms with Crippen LogP contribution < -0.4 is 5.73 Å². The monoisotopic (exact) mass is 345 g/mol. The summed E-state index contributed by atoms with van der Waals surface area (Å²) < 4.78 is 0. The molecule has 2 amide bonds. The first-order chi connectivity index (χ1) is 10.4. The van der Waals surface area contributed by atoms with Gasteiger partial charge in [-0.1, -0.05) is 39.5 Å². The van der Waals surface area contributed by atoms with E-state index in [9.17, 15) is 9.59 Å². The van der Waals surface area contributed by atoms with Gasteiger partial charge in [0, 0.05) is 26.6 Å². The highest BCUT2D eigenvalue weighted by atomic mass is 35.5. The molecule has 23 heavy (non-hydrogen) atoms. The molecule has 2 N–H and O–H groups in total. The first-order valence-electron chi connectivity index (χ1n) is 8.74. The summed E-state index contributed by atoms with van der Waals surface area (Å²) in [7, 11) is 0. The summed E-state index contributed by atoms with van der Waals surface area (Å²) in [6.07, 6.45) is 6.44. The van der Waals surface area contributed by atoms with Crippen LogP contribution in [0.3, 0.4) is 0 Å². The minimum atomic E-state index is -0.422. The van der Waals surface area contributed by atoms with Crippen LogP contribution in [-0.4, -0.2) is 52.8 Å². The molecule has 0 aromatic rings. The standard InChI is InChI=1S/C17H31N3O2.ClH/c1-4-13(2)15(18)16(22)19-10-11-20(14(3)21)17(12-19)8-6-5-7-9-17;/h13,15H,4-12,18H2,1-3H3;1H. The Hall–Kier alpha value is -0.810. The number of carbonyl (C=O) groups is 2. The molecular weight excluding hydrogens is 314 g/mol. The van der Waals surface area contributed by atoms with Gasteiger partial charge in [0.15, 0.2) is 0 Å². The Kier molecular flexibility index (Phi) is 7.33. The fourth-order valence-electron chi connectivity index (χ4n) is 4.00. The van der Waals surface area contributed by atoms with Gasteiger partial charge in [0.05, 0.1) is 11.6 Å². The number of rotatable bonds is 3. The van der Waals surface area contributed by atoms with E-state index in [1.54, 1.807) is 6.92 Å². The minimum absolute atomic E-state index is 0. The van der Waals surface area contributed by atoms with E-state index in [2.05, 4.69) is 6.92 Å². The minimum Gasteiger partial charge on any atom is -0.337 e. The number of nitrogens with zero attached hydrogens (tertiary/aromatic N) is 2. The van der Waals surface area contributed by atoms with Crippen LogP contribution in [0.5, 0.6) is 0 Å². The van der Waals surface area contributed by atoms with Crippen molar-refractivity contribution in [2.75, 3.05) is 19.6 Å². The van der Waals surface area contributed by atoms with Crippen LogP contribution in [-0.2, 0) is 9.59 Å². The van der Waals surface area contributed by atoms with Gasteiger partial charge in [-0.25, -0.2) is 0 Å². The van der Waals surface area contributed by atoms with E-state index in [0.29, 0.717) is 19.6 Å². The average molecular weight is 346 g/mol. The van der Waals surface area contributed by atoms with Crippen LogP contribution >= 0.6 is 12.4 Å². The van der Waals surface area contributed by atoms with Gasteiger partial charge in [-0.3, -0.25) is 9.59 Å². The number of amides is 2. The lowest BCUT2D eigenvalue weighted by atomic mass is 9.78. The second-order valence-corrected chi connectivity index (χ2v) is 7.13. The van der Waals surface area contributed by atoms with Crippen molar-refractivity contribution in [3.05, 3.63) is 0 Å². The van der Waals surface area contributed by atoms with Gasteiger partial charge in [-0.05, 0) is 18.8 Å². The number of hydrogen-bond donors (Lipinski definition) is 1. The third-order valence-corrected chi connectivity index (χ3v) is 5.67. The number of hydrogen-bond acceptors (Lipinski definition) is 3. The molecule has 2 unspecified atom stereocenters. The predicted molar refractivity (Wildman–Crippen MR) is 94.5 cm³/mol. The van der Waals surface area contributed by atoms with Gasteiger partial charge in [-0.15, -0.1) is 12.4 Å². The molecule has 2 rings (SSSR count). The molecule has 1 aliphatic carbocycles. The molecule has 0 aromatic carbocycles. The predicted octanol–water partition coefficient (Wildman–Crippen LogP) is 2.18. The smallest absolute Gasteiger partial charge is 0.239 e. The first kappa shape index (κ1) is 20.2. The Morgan fingerprint density at radius 3 is 2.30 bits per heavy atom. The van der Waals surface area contributed by atoms with Crippen molar-refractivity contribution in [2.45, 2.75) is 70.9 Å². The van der Waals surface area contributed by atoms with Crippen molar-refractivity contribution >= 4 is 24.2 Å². The lowest BCUT2D eigenvalue weighted by Crippen LogP contribution is -2.66. The summed E-state index contributed by atoms with van der Waals surface area (Å²) in [6, 6.07) is -0.422. The van der Waals surface area contributed by atoms with Gasteiger partial charge in [0.1, 0.15) is 0 Å². The van der Waals surface area contributed by atoms with Crippen molar-refractivity contribution < 1.29 is 9.59 Å². The Morgan fingerprint density at radius 1 is 1.17 bits per heavy atom. The molecular formula is C17H32ClN3O2. The van der Waals surface area contributed by atoms with E-state index in [4.69, 9.17) is 5.73 Å². The molecule has 1 saturated carbocycles. The molecule has 2 atom stereocenters. The lowest BCUT2D eigenvalue weighted by Gasteiger charge is -2.53. The van der Waals surface area contributed by atoms with Gasteiger partial charge >= 0.3 is 0 Å². The SMILES string of the molecule is CCC(C)C(N)C(=O)N1CCN(C(C)=O)C2(CCCCC2)C1.Cl. The fourth-order valence-corrected chi connectivity index (χ4v) is 4.00. The highest BCUT2D eigenvalue weighted by Gasteiger charge is 2.45. The number of piperazine rings is 1. The van der Waals surface area contributed by atoms with Crippen molar-refractivity contribution in [3.63, 3.8) is 0 Å². The van der Waals surface area contributed by atoms with Crippen LogP contribution in [0.1, 0.15) is 59.3 Å². The molecule has 0 aromatic heterocycles. The maximum absolute atomic E-state index is 12.7. The van der Waals surface area contributed by atoms with Crippen molar-refractivity contribution in [1.29, 1.82) is 0 Å². The summed E-state index contributed by atoms with van der Waals surface area (Å²) in [6.45, 7) is 7.67. The van der Waals surface area contributed by atoms with E-state index in [0.717, 1.165) is 32.1 Å². The Morgan fingerprint density at radius 2 is 1.78 bits per heavy atom. The zero-order chi connectivity index (χ0) is 16.3. The summed E-state index contributed by atoms with van der Waals surface area (Å²) in [5.74, 6) is 0.392. The summed E-state index contributed by atoms with van der Waals surface area (Å²) >= 11 is 0. The van der Waals surface area contributed by atoms with E-state index in [1.165, 1.54) is 6.42 Å². The fraction of sp³-hybridized carbons (Fsp3) is 0.882. The van der Waals surface area contributed by atoms with Crippen molar-refractivity contribution in [3.8, 4) is 0 Å².